The van der Waals surface area contributed by atoms with E-state index in [0.717, 1.165) is 44.3 Å². The molecule has 2 heterocycles. The van der Waals surface area contributed by atoms with Gasteiger partial charge in [0.2, 0.25) is 5.91 Å². The Hall–Kier alpha value is -2.11. The summed E-state index contributed by atoms with van der Waals surface area (Å²) in [6.45, 7) is 8.46. The van der Waals surface area contributed by atoms with Crippen LogP contribution in [0.1, 0.15) is 76.3 Å². The number of cyclic esters (lactones) is 1. The van der Waals surface area contributed by atoms with Crippen molar-refractivity contribution in [3.05, 3.63) is 35.1 Å². The van der Waals surface area contributed by atoms with Crippen LogP contribution in [-0.4, -0.2) is 42.1 Å². The molecule has 4 fully saturated rings. The molecule has 2 spiro atoms. The molecule has 4 aliphatic rings. The summed E-state index contributed by atoms with van der Waals surface area (Å²) in [5.74, 6) is 0.435. The van der Waals surface area contributed by atoms with Crippen molar-refractivity contribution in [2.24, 2.45) is 11.3 Å². The number of rotatable bonds is 2. The van der Waals surface area contributed by atoms with Gasteiger partial charge in [0.15, 0.2) is 0 Å². The van der Waals surface area contributed by atoms with Gasteiger partial charge in [-0.1, -0.05) is 32.9 Å². The first-order valence-electron chi connectivity index (χ1n) is 11.6. The molecule has 0 radical (unpaired) electrons. The van der Waals surface area contributed by atoms with E-state index < -0.39 is 0 Å². The number of likely N-dealkylation sites (tertiary alicyclic amines) is 1. The van der Waals surface area contributed by atoms with Crippen molar-refractivity contribution in [3.8, 4) is 0 Å². The van der Waals surface area contributed by atoms with Crippen molar-refractivity contribution in [1.82, 2.24) is 10.2 Å². The minimum absolute atomic E-state index is 0.000534. The van der Waals surface area contributed by atoms with E-state index in [0.29, 0.717) is 25.4 Å². The van der Waals surface area contributed by atoms with Crippen LogP contribution in [0, 0.1) is 17.2 Å². The van der Waals surface area contributed by atoms with E-state index >= 15 is 0 Å². The maximum absolute atomic E-state index is 14.5. The average molecular weight is 429 g/mol. The molecule has 5 nitrogen and oxygen atoms in total. The molecule has 31 heavy (non-hydrogen) atoms. The van der Waals surface area contributed by atoms with Gasteiger partial charge in [-0.05, 0) is 72.5 Å². The van der Waals surface area contributed by atoms with E-state index in [1.165, 1.54) is 5.56 Å². The fourth-order valence-electron chi connectivity index (χ4n) is 6.17. The molecule has 0 aromatic heterocycles. The van der Waals surface area contributed by atoms with Gasteiger partial charge < -0.3 is 15.0 Å². The molecule has 1 aromatic rings. The van der Waals surface area contributed by atoms with Crippen LogP contribution in [0.4, 0.5) is 9.18 Å². The second kappa shape index (κ2) is 6.94. The number of hydrogen-bond acceptors (Lipinski definition) is 3. The van der Waals surface area contributed by atoms with Crippen molar-refractivity contribution in [3.63, 3.8) is 0 Å². The lowest BCUT2D eigenvalue weighted by Gasteiger charge is -2.53. The first-order valence-corrected chi connectivity index (χ1v) is 11.6. The zero-order valence-electron chi connectivity index (χ0n) is 18.8. The highest BCUT2D eigenvalue weighted by atomic mass is 19.1. The van der Waals surface area contributed by atoms with E-state index in [4.69, 9.17) is 4.74 Å². The lowest BCUT2D eigenvalue weighted by molar-refractivity contribution is -0.144. The highest BCUT2D eigenvalue weighted by Crippen LogP contribution is 2.57. The molecule has 1 N–H and O–H groups in total. The number of halogens is 1. The standard InChI is InChI=1S/C25H33FN2O3/c1-23(2,3)18-4-5-20(26)19(10-18)16-11-24(12-16)6-8-28(9-7-24)21(29)17-13-25(14-17)15-31-22(30)27-25/h4-5,10,16-17H,6-9,11-15H2,1-3H3,(H,27,30). The molecule has 0 atom stereocenters. The van der Waals surface area contributed by atoms with Crippen LogP contribution in [0.2, 0.25) is 0 Å². The smallest absolute Gasteiger partial charge is 0.407 e. The Balaban J connectivity index is 1.15. The minimum atomic E-state index is -0.366. The number of benzene rings is 1. The summed E-state index contributed by atoms with van der Waals surface area (Å²) >= 11 is 0. The molecule has 6 heteroatoms. The van der Waals surface area contributed by atoms with E-state index in [2.05, 4.69) is 32.2 Å². The zero-order valence-corrected chi connectivity index (χ0v) is 18.8. The number of alkyl carbamates (subject to hydrolysis) is 1. The average Bonchev–Trinajstić information content (AvgIpc) is 3.06. The van der Waals surface area contributed by atoms with Crippen LogP contribution in [0.25, 0.3) is 0 Å². The van der Waals surface area contributed by atoms with Crippen LogP contribution in [0.15, 0.2) is 18.2 Å². The number of nitrogens with one attached hydrogen (secondary N) is 1. The minimum Gasteiger partial charge on any atom is -0.447 e. The Bertz CT molecular complexity index is 900. The number of amides is 2. The number of carbonyl (C=O) groups is 2. The Morgan fingerprint density at radius 2 is 1.84 bits per heavy atom. The monoisotopic (exact) mass is 428 g/mol. The fraction of sp³-hybridized carbons (Fsp3) is 0.680. The molecule has 5 rings (SSSR count). The van der Waals surface area contributed by atoms with Crippen molar-refractivity contribution in [2.45, 2.75) is 76.2 Å². The van der Waals surface area contributed by atoms with E-state index in [9.17, 15) is 14.0 Å². The van der Waals surface area contributed by atoms with Gasteiger partial charge in [-0.2, -0.15) is 0 Å². The van der Waals surface area contributed by atoms with Crippen molar-refractivity contribution < 1.29 is 18.7 Å². The second-order valence-corrected chi connectivity index (χ2v) is 11.5. The maximum atomic E-state index is 14.5. The van der Waals surface area contributed by atoms with Gasteiger partial charge in [0.05, 0.1) is 5.54 Å². The highest BCUT2D eigenvalue weighted by molar-refractivity contribution is 5.81. The first-order chi connectivity index (χ1) is 14.6. The molecule has 2 saturated carbocycles. The SMILES string of the molecule is CC(C)(C)c1ccc(F)c(C2CC3(CCN(C(=O)C4CC5(COC(=O)N5)C4)CC3)C2)c1. The van der Waals surface area contributed by atoms with Crippen LogP contribution < -0.4 is 5.32 Å². The topological polar surface area (TPSA) is 58.6 Å². The fourth-order valence-corrected chi connectivity index (χ4v) is 6.17. The van der Waals surface area contributed by atoms with Crippen LogP contribution in [0.3, 0.4) is 0 Å². The highest BCUT2D eigenvalue weighted by Gasteiger charge is 2.54. The Labute approximate surface area is 183 Å². The second-order valence-electron chi connectivity index (χ2n) is 11.5. The number of nitrogens with zero attached hydrogens (tertiary/aromatic N) is 1. The molecule has 1 aromatic carbocycles. The maximum Gasteiger partial charge on any atom is 0.407 e. The molecule has 0 bridgehead atoms. The molecule has 168 valence electrons. The van der Waals surface area contributed by atoms with Gasteiger partial charge in [-0.25, -0.2) is 9.18 Å². The molecule has 2 aliphatic heterocycles. The van der Waals surface area contributed by atoms with Crippen molar-refractivity contribution >= 4 is 12.0 Å². The van der Waals surface area contributed by atoms with Crippen LogP contribution in [0.5, 0.6) is 0 Å². The van der Waals surface area contributed by atoms with Crippen molar-refractivity contribution in [1.29, 1.82) is 0 Å². The summed E-state index contributed by atoms with van der Waals surface area (Å²) in [6, 6.07) is 5.61. The third-order valence-electron chi connectivity index (χ3n) is 8.27. The molecule has 2 saturated heterocycles. The lowest BCUT2D eigenvalue weighted by atomic mass is 9.55. The van der Waals surface area contributed by atoms with Gasteiger partial charge in [0, 0.05) is 19.0 Å². The third kappa shape index (κ3) is 3.62. The van der Waals surface area contributed by atoms with Gasteiger partial charge >= 0.3 is 6.09 Å². The molecular formula is C25H33FN2O3. The Morgan fingerprint density at radius 1 is 1.16 bits per heavy atom. The summed E-state index contributed by atoms with van der Waals surface area (Å²) in [7, 11) is 0. The third-order valence-corrected chi connectivity index (χ3v) is 8.27. The van der Waals surface area contributed by atoms with E-state index in [1.54, 1.807) is 6.07 Å². The summed E-state index contributed by atoms with van der Waals surface area (Å²) in [5, 5.41) is 2.86. The summed E-state index contributed by atoms with van der Waals surface area (Å²) < 4.78 is 19.6. The van der Waals surface area contributed by atoms with Gasteiger partial charge in [-0.3, -0.25) is 4.79 Å². The first kappa shape index (κ1) is 20.8. The predicted molar refractivity (Wildman–Crippen MR) is 115 cm³/mol. The van der Waals surface area contributed by atoms with Gasteiger partial charge in [0.25, 0.3) is 0 Å². The van der Waals surface area contributed by atoms with Crippen LogP contribution >= 0.6 is 0 Å². The number of carbonyl (C=O) groups excluding carboxylic acids is 2. The Morgan fingerprint density at radius 3 is 2.42 bits per heavy atom. The number of hydrogen-bond donors (Lipinski definition) is 1. The number of piperidine rings is 1. The molecule has 0 unspecified atom stereocenters. The van der Waals surface area contributed by atoms with Gasteiger partial charge in [-0.15, -0.1) is 0 Å². The van der Waals surface area contributed by atoms with Crippen molar-refractivity contribution in [2.75, 3.05) is 19.7 Å². The predicted octanol–water partition coefficient (Wildman–Crippen LogP) is 4.50. The largest absolute Gasteiger partial charge is 0.447 e. The zero-order chi connectivity index (χ0) is 22.0. The normalized spacial score (nSPS) is 26.9. The van der Waals surface area contributed by atoms with Crippen LogP contribution in [-0.2, 0) is 14.9 Å². The number of ether oxygens (including phenoxy) is 1. The molecule has 2 aliphatic carbocycles. The molecule has 2 amide bonds. The summed E-state index contributed by atoms with van der Waals surface area (Å²) in [6.07, 6.45) is 5.07. The lowest BCUT2D eigenvalue weighted by Crippen LogP contribution is -2.59. The summed E-state index contributed by atoms with van der Waals surface area (Å²) in [4.78, 5) is 26.2. The van der Waals surface area contributed by atoms with E-state index in [-0.39, 0.29) is 40.1 Å². The Kier molecular flexibility index (Phi) is 4.65. The summed E-state index contributed by atoms with van der Waals surface area (Å²) in [5.41, 5.74) is 2.04. The van der Waals surface area contributed by atoms with E-state index in [1.807, 2.05) is 11.0 Å². The molecular weight excluding hydrogens is 395 g/mol. The van der Waals surface area contributed by atoms with Gasteiger partial charge in [0.1, 0.15) is 12.4 Å². The quantitative estimate of drug-likeness (QED) is 0.755.